The van der Waals surface area contributed by atoms with E-state index in [9.17, 15) is 9.18 Å². The molecule has 0 saturated heterocycles. The molecule has 2 atom stereocenters. The van der Waals surface area contributed by atoms with Crippen LogP contribution in [0.2, 0.25) is 0 Å². The van der Waals surface area contributed by atoms with Crippen LogP contribution in [0.1, 0.15) is 13.3 Å². The summed E-state index contributed by atoms with van der Waals surface area (Å²) < 4.78 is 16.9. The maximum Gasteiger partial charge on any atom is 0.253 e. The highest BCUT2D eigenvalue weighted by Gasteiger charge is 2.66. The van der Waals surface area contributed by atoms with Crippen LogP contribution in [-0.4, -0.2) is 47.8 Å². The highest BCUT2D eigenvalue weighted by Crippen LogP contribution is 2.58. The van der Waals surface area contributed by atoms with Crippen molar-refractivity contribution >= 4 is 23.1 Å². The number of nitrogens with zero attached hydrogens (tertiary/aromatic N) is 8. The number of halogens is 1. The summed E-state index contributed by atoms with van der Waals surface area (Å²) in [7, 11) is 3.61. The zero-order valence-electron chi connectivity index (χ0n) is 18.3. The van der Waals surface area contributed by atoms with Gasteiger partial charge in [-0.05, 0) is 36.6 Å². The van der Waals surface area contributed by atoms with Crippen LogP contribution in [0.4, 0.5) is 21.6 Å². The van der Waals surface area contributed by atoms with Gasteiger partial charge in [0.1, 0.15) is 22.9 Å². The van der Waals surface area contributed by atoms with Crippen LogP contribution >= 0.6 is 0 Å². The summed E-state index contributed by atoms with van der Waals surface area (Å²) in [4.78, 5) is 30.9. The topological polar surface area (TPSA) is 85.0 Å². The second-order valence-corrected chi connectivity index (χ2v) is 8.61. The number of hydrogen-bond acceptors (Lipinski definition) is 6. The van der Waals surface area contributed by atoms with E-state index >= 15 is 0 Å². The van der Waals surface area contributed by atoms with Gasteiger partial charge in [-0.2, -0.15) is 10.1 Å². The monoisotopic (exact) mass is 444 g/mol. The zero-order chi connectivity index (χ0) is 22.9. The Balaban J connectivity index is 1.53. The van der Waals surface area contributed by atoms with Crippen LogP contribution in [-0.2, 0) is 11.8 Å². The van der Waals surface area contributed by atoms with Gasteiger partial charge < -0.3 is 9.80 Å². The minimum Gasteiger partial charge on any atom is -0.309 e. The first-order valence-corrected chi connectivity index (χ1v) is 10.6. The Bertz CT molecular complexity index is 1390. The largest absolute Gasteiger partial charge is 0.309 e. The number of carbonyl (C=O) groups excluding carboxylic acids is 1. The molecule has 3 aromatic heterocycles. The first-order chi connectivity index (χ1) is 15.9. The predicted octanol–water partition coefficient (Wildman–Crippen LogP) is 3.10. The number of likely N-dealkylation sites (N-methyl/N-ethyl adjacent to an activating group) is 1. The van der Waals surface area contributed by atoms with Gasteiger partial charge in [0, 0.05) is 38.2 Å². The van der Waals surface area contributed by atoms with Gasteiger partial charge >= 0.3 is 0 Å². The van der Waals surface area contributed by atoms with Gasteiger partial charge in [-0.3, -0.25) is 14.0 Å². The fraction of sp³-hybridized carbons (Fsp3) is 0.261. The van der Waals surface area contributed by atoms with Gasteiger partial charge in [0.25, 0.3) is 5.91 Å². The fourth-order valence-corrected chi connectivity index (χ4v) is 4.73. The Labute approximate surface area is 189 Å². The molecule has 4 heterocycles. The summed E-state index contributed by atoms with van der Waals surface area (Å²) in [5.74, 6) is 1.52. The Morgan fingerprint density at radius 1 is 1.12 bits per heavy atom. The molecule has 1 aliphatic carbocycles. The smallest absolute Gasteiger partial charge is 0.253 e. The van der Waals surface area contributed by atoms with Crippen LogP contribution in [0.15, 0.2) is 55.2 Å². The zero-order valence-corrected chi connectivity index (χ0v) is 18.3. The Morgan fingerprint density at radius 2 is 1.88 bits per heavy atom. The maximum absolute atomic E-state index is 13.4. The molecule has 9 nitrogen and oxygen atoms in total. The summed E-state index contributed by atoms with van der Waals surface area (Å²) >= 11 is 0. The third-order valence-electron chi connectivity index (χ3n) is 6.57. The van der Waals surface area contributed by atoms with Crippen molar-refractivity contribution in [2.24, 2.45) is 13.0 Å². The number of fused-ring (bicyclic) bond motifs is 1. The van der Waals surface area contributed by atoms with E-state index in [-0.39, 0.29) is 17.6 Å². The molecule has 33 heavy (non-hydrogen) atoms. The first kappa shape index (κ1) is 19.6. The lowest BCUT2D eigenvalue weighted by Gasteiger charge is -2.41. The molecule has 2 aliphatic rings. The SMILES string of the molecule is C[C@H]1C[C@@]12C(=O)N(C)c1cnc(-n3ccnc3-c3ccc(F)cc3)nc1N2c1cnn(C)c1. The number of rotatable bonds is 3. The van der Waals surface area contributed by atoms with Gasteiger partial charge in [0.15, 0.2) is 5.82 Å². The number of aryl methyl sites for hydroxylation is 1. The van der Waals surface area contributed by atoms with E-state index in [0.717, 1.165) is 17.7 Å². The molecule has 4 aromatic rings. The summed E-state index contributed by atoms with van der Waals surface area (Å²) in [6.45, 7) is 2.07. The number of aromatic nitrogens is 6. The molecule has 10 heteroatoms. The van der Waals surface area contributed by atoms with E-state index in [1.165, 1.54) is 12.1 Å². The van der Waals surface area contributed by atoms with Crippen molar-refractivity contribution in [3.63, 3.8) is 0 Å². The van der Waals surface area contributed by atoms with Crippen LogP contribution in [0.5, 0.6) is 0 Å². The molecule has 1 aliphatic heterocycles. The molecule has 0 radical (unpaired) electrons. The van der Waals surface area contributed by atoms with Gasteiger partial charge in [0.2, 0.25) is 5.95 Å². The van der Waals surface area contributed by atoms with Gasteiger partial charge in [-0.1, -0.05) is 6.92 Å². The van der Waals surface area contributed by atoms with Crippen molar-refractivity contribution in [1.29, 1.82) is 0 Å². The quantitative estimate of drug-likeness (QED) is 0.483. The summed E-state index contributed by atoms with van der Waals surface area (Å²) in [5, 5.41) is 4.32. The molecular formula is C23H21FN8O. The molecule has 1 spiro atoms. The van der Waals surface area contributed by atoms with Gasteiger partial charge in [-0.25, -0.2) is 14.4 Å². The first-order valence-electron chi connectivity index (χ1n) is 10.6. The average Bonchev–Trinajstić information content (AvgIpc) is 3.14. The van der Waals surface area contributed by atoms with E-state index in [2.05, 4.69) is 22.0 Å². The van der Waals surface area contributed by atoms with E-state index < -0.39 is 5.54 Å². The summed E-state index contributed by atoms with van der Waals surface area (Å²) in [6.07, 6.45) is 9.45. The van der Waals surface area contributed by atoms with Crippen molar-refractivity contribution in [2.75, 3.05) is 16.8 Å². The molecule has 0 N–H and O–H groups in total. The van der Waals surface area contributed by atoms with Crippen molar-refractivity contribution in [3.05, 3.63) is 61.1 Å². The van der Waals surface area contributed by atoms with Crippen molar-refractivity contribution < 1.29 is 9.18 Å². The lowest BCUT2D eigenvalue weighted by Crippen LogP contribution is -2.54. The van der Waals surface area contributed by atoms with Crippen LogP contribution < -0.4 is 9.80 Å². The van der Waals surface area contributed by atoms with Gasteiger partial charge in [-0.15, -0.1) is 0 Å². The molecule has 166 valence electrons. The van der Waals surface area contributed by atoms with Crippen molar-refractivity contribution in [3.8, 4) is 17.3 Å². The van der Waals surface area contributed by atoms with Crippen LogP contribution in [0.25, 0.3) is 17.3 Å². The molecular weight excluding hydrogens is 423 g/mol. The number of hydrogen-bond donors (Lipinski definition) is 0. The molecule has 1 amide bonds. The number of anilines is 3. The minimum atomic E-state index is -0.689. The summed E-state index contributed by atoms with van der Waals surface area (Å²) in [5.41, 5.74) is 1.48. The Kier molecular flexibility index (Phi) is 3.98. The highest BCUT2D eigenvalue weighted by molar-refractivity contribution is 6.11. The molecule has 1 saturated carbocycles. The lowest BCUT2D eigenvalue weighted by molar-refractivity contribution is -0.121. The Hall–Kier alpha value is -4.08. The van der Waals surface area contributed by atoms with Crippen molar-refractivity contribution in [2.45, 2.75) is 18.9 Å². The van der Waals surface area contributed by atoms with Crippen LogP contribution in [0.3, 0.4) is 0 Å². The third-order valence-corrected chi connectivity index (χ3v) is 6.57. The molecule has 0 bridgehead atoms. The molecule has 6 rings (SSSR count). The standard InChI is InChI=1S/C23H21FN8O/c1-14-10-23(14)21(33)30(3)18-12-26-22(28-20(18)32(23)17-11-27-29(2)13-17)31-9-8-25-19(31)15-4-6-16(24)7-5-15/h4-9,11-14H,10H2,1-3H3/t14-,23-/m0/s1. The van der Waals surface area contributed by atoms with E-state index in [0.29, 0.717) is 23.3 Å². The molecule has 1 fully saturated rings. The summed E-state index contributed by atoms with van der Waals surface area (Å²) in [6, 6.07) is 6.12. The average molecular weight is 444 g/mol. The third kappa shape index (κ3) is 2.73. The Morgan fingerprint density at radius 3 is 2.55 bits per heavy atom. The highest BCUT2D eigenvalue weighted by atomic mass is 19.1. The van der Waals surface area contributed by atoms with E-state index in [1.54, 1.807) is 58.1 Å². The lowest BCUT2D eigenvalue weighted by atomic mass is 10.1. The number of benzene rings is 1. The molecule has 1 aromatic carbocycles. The second kappa shape index (κ2) is 6.71. The number of imidazole rings is 1. The van der Waals surface area contributed by atoms with Crippen LogP contribution in [0, 0.1) is 11.7 Å². The predicted molar refractivity (Wildman–Crippen MR) is 120 cm³/mol. The fourth-order valence-electron chi connectivity index (χ4n) is 4.73. The number of carbonyl (C=O) groups is 1. The van der Waals surface area contributed by atoms with Gasteiger partial charge in [0.05, 0.1) is 18.1 Å². The minimum absolute atomic E-state index is 0.0253. The maximum atomic E-state index is 13.4. The van der Waals surface area contributed by atoms with Crippen molar-refractivity contribution in [1.82, 2.24) is 29.3 Å². The normalized spacial score (nSPS) is 21.6. The van der Waals surface area contributed by atoms with E-state index in [4.69, 9.17) is 4.98 Å². The van der Waals surface area contributed by atoms with E-state index in [1.807, 2.05) is 18.1 Å². The molecule has 0 unspecified atom stereocenters. The number of amides is 1. The second-order valence-electron chi connectivity index (χ2n) is 8.61.